The van der Waals surface area contributed by atoms with E-state index in [0.717, 1.165) is 51.4 Å². The molecule has 0 aliphatic carbocycles. The predicted molar refractivity (Wildman–Crippen MR) is 119 cm³/mol. The number of aliphatic hydroxyl groups excluding tert-OH is 1. The summed E-state index contributed by atoms with van der Waals surface area (Å²) in [5.74, 6) is -0.383. The molecular weight excluding hydrogens is 419 g/mol. The average Bonchev–Trinajstić information content (AvgIpc) is 3.06. The van der Waals surface area contributed by atoms with Crippen LogP contribution in [0.5, 0.6) is 0 Å². The molecular formula is C23H41O7P. The summed E-state index contributed by atoms with van der Waals surface area (Å²) >= 11 is 0. The van der Waals surface area contributed by atoms with Crippen molar-refractivity contribution >= 4 is 13.8 Å². The number of carbonyl (C=O) groups is 1. The van der Waals surface area contributed by atoms with E-state index in [9.17, 15) is 14.5 Å². The minimum Gasteiger partial charge on any atom is -0.461 e. The van der Waals surface area contributed by atoms with E-state index in [0.29, 0.717) is 12.2 Å². The average molecular weight is 461 g/mol. The lowest BCUT2D eigenvalue weighted by molar-refractivity contribution is -0.135. The summed E-state index contributed by atoms with van der Waals surface area (Å²) in [5.41, 5.74) is 0.411. The van der Waals surface area contributed by atoms with Crippen LogP contribution in [0, 0.1) is 5.92 Å². The smallest absolute Gasteiger partial charge is 0.461 e. The molecule has 0 aromatic carbocycles. The number of phosphoric acid groups is 1. The number of hydrogen-bond donors (Lipinski definition) is 1. The van der Waals surface area contributed by atoms with E-state index in [4.69, 9.17) is 18.3 Å². The standard InChI is InChI=1S/C23H41O7P/c1-3-4-14-21(24)15-12-10-8-6-5-7-9-11-13-16-28-31(26)29-18-20-17-27-23(25)22(20)19(2)30-31/h20-21,24H,3-18H2,1-2H3/t20-,21?,31?/m1/s1. The molecule has 0 aromatic rings. The van der Waals surface area contributed by atoms with Crippen molar-refractivity contribution < 1.29 is 32.8 Å². The lowest BCUT2D eigenvalue weighted by Gasteiger charge is -2.17. The van der Waals surface area contributed by atoms with Gasteiger partial charge in [0.2, 0.25) is 0 Å². The van der Waals surface area contributed by atoms with Crippen LogP contribution in [0.1, 0.15) is 97.3 Å². The highest BCUT2D eigenvalue weighted by molar-refractivity contribution is 7.48. The zero-order chi connectivity index (χ0) is 22.5. The fourth-order valence-corrected chi connectivity index (χ4v) is 5.36. The minimum absolute atomic E-state index is 0.105. The summed E-state index contributed by atoms with van der Waals surface area (Å²) in [6, 6.07) is 0. The van der Waals surface area contributed by atoms with Crippen LogP contribution in [0.25, 0.3) is 0 Å². The van der Waals surface area contributed by atoms with Gasteiger partial charge in [-0.05, 0) is 26.2 Å². The lowest BCUT2D eigenvalue weighted by atomic mass is 10.0. The summed E-state index contributed by atoms with van der Waals surface area (Å²) < 4.78 is 33.9. The van der Waals surface area contributed by atoms with Crippen LogP contribution in [0.4, 0.5) is 0 Å². The first-order valence-electron chi connectivity index (χ1n) is 12.1. The van der Waals surface area contributed by atoms with Crippen molar-refractivity contribution in [2.45, 2.75) is 103 Å². The second-order valence-electron chi connectivity index (χ2n) is 8.70. The second kappa shape index (κ2) is 14.3. The Balaban J connectivity index is 1.45. The molecule has 31 heavy (non-hydrogen) atoms. The number of fused-ring (bicyclic) bond motifs is 1. The molecule has 7 nitrogen and oxygen atoms in total. The monoisotopic (exact) mass is 460 g/mol. The zero-order valence-electron chi connectivity index (χ0n) is 19.3. The van der Waals surface area contributed by atoms with Crippen molar-refractivity contribution in [2.24, 2.45) is 5.92 Å². The molecule has 1 N–H and O–H groups in total. The van der Waals surface area contributed by atoms with Crippen LogP contribution in [-0.4, -0.2) is 37.0 Å². The van der Waals surface area contributed by atoms with Gasteiger partial charge >= 0.3 is 13.8 Å². The third kappa shape index (κ3) is 9.65. The Hall–Kier alpha value is -0.880. The van der Waals surface area contributed by atoms with Crippen LogP contribution in [0.3, 0.4) is 0 Å². The maximum atomic E-state index is 12.7. The number of hydrogen-bond acceptors (Lipinski definition) is 7. The molecule has 1 fully saturated rings. The third-order valence-electron chi connectivity index (χ3n) is 5.93. The van der Waals surface area contributed by atoms with Crippen molar-refractivity contribution in [1.82, 2.24) is 0 Å². The summed E-state index contributed by atoms with van der Waals surface area (Å²) in [4.78, 5) is 11.7. The van der Waals surface area contributed by atoms with Gasteiger partial charge in [-0.15, -0.1) is 0 Å². The lowest BCUT2D eigenvalue weighted by Crippen LogP contribution is -2.10. The highest BCUT2D eigenvalue weighted by Crippen LogP contribution is 2.54. The van der Waals surface area contributed by atoms with E-state index in [1.807, 2.05) is 0 Å². The number of unbranched alkanes of at least 4 members (excludes halogenated alkanes) is 9. The van der Waals surface area contributed by atoms with Crippen LogP contribution in [-0.2, 0) is 27.7 Å². The number of esters is 1. The Labute approximate surface area is 187 Å². The van der Waals surface area contributed by atoms with Gasteiger partial charge in [0, 0.05) is 0 Å². The van der Waals surface area contributed by atoms with Crippen LogP contribution < -0.4 is 0 Å². The van der Waals surface area contributed by atoms with Crippen molar-refractivity contribution in [1.29, 1.82) is 0 Å². The van der Waals surface area contributed by atoms with Gasteiger partial charge in [-0.1, -0.05) is 71.1 Å². The SMILES string of the molecule is CCCCC(O)CCCCCCCCCCCOP1(=O)OC[C@H]2COC(=O)C2=C(C)O1. The maximum absolute atomic E-state index is 12.7. The number of cyclic esters (lactones) is 1. The predicted octanol–water partition coefficient (Wildman–Crippen LogP) is 6.06. The van der Waals surface area contributed by atoms with E-state index in [1.54, 1.807) is 6.92 Å². The van der Waals surface area contributed by atoms with E-state index in [1.165, 1.54) is 32.1 Å². The number of allylic oxidation sites excluding steroid dienone is 1. The van der Waals surface area contributed by atoms with Crippen LogP contribution in [0.15, 0.2) is 11.3 Å². The molecule has 8 heteroatoms. The summed E-state index contributed by atoms with van der Waals surface area (Å²) in [6.45, 7) is 4.41. The number of ether oxygens (including phenoxy) is 1. The van der Waals surface area contributed by atoms with Crippen molar-refractivity contribution in [2.75, 3.05) is 19.8 Å². The van der Waals surface area contributed by atoms with E-state index in [2.05, 4.69) is 6.92 Å². The van der Waals surface area contributed by atoms with Gasteiger partial charge < -0.3 is 14.4 Å². The first-order valence-corrected chi connectivity index (χ1v) is 13.6. The van der Waals surface area contributed by atoms with Gasteiger partial charge in [-0.2, -0.15) is 0 Å². The largest absolute Gasteiger partial charge is 0.529 e. The Morgan fingerprint density at radius 2 is 1.61 bits per heavy atom. The van der Waals surface area contributed by atoms with E-state index < -0.39 is 13.8 Å². The molecule has 0 radical (unpaired) electrons. The van der Waals surface area contributed by atoms with Crippen molar-refractivity contribution in [3.8, 4) is 0 Å². The molecule has 0 saturated carbocycles. The third-order valence-corrected chi connectivity index (χ3v) is 7.39. The molecule has 2 aliphatic heterocycles. The first kappa shape index (κ1) is 26.4. The van der Waals surface area contributed by atoms with Gasteiger partial charge in [0.25, 0.3) is 0 Å². The Morgan fingerprint density at radius 1 is 1.00 bits per heavy atom. The highest BCUT2D eigenvalue weighted by Gasteiger charge is 2.42. The highest BCUT2D eigenvalue weighted by atomic mass is 31.2. The first-order chi connectivity index (χ1) is 14.9. The molecule has 1 saturated heterocycles. The summed E-state index contributed by atoms with van der Waals surface area (Å²) in [7, 11) is -3.67. The Morgan fingerprint density at radius 3 is 2.29 bits per heavy atom. The number of aliphatic hydroxyl groups is 1. The molecule has 180 valence electrons. The zero-order valence-corrected chi connectivity index (χ0v) is 20.2. The summed E-state index contributed by atoms with van der Waals surface area (Å²) in [5, 5.41) is 9.83. The van der Waals surface area contributed by atoms with Gasteiger partial charge in [-0.3, -0.25) is 9.05 Å². The van der Waals surface area contributed by atoms with Crippen LogP contribution in [0.2, 0.25) is 0 Å². The van der Waals surface area contributed by atoms with Gasteiger partial charge in [0.15, 0.2) is 0 Å². The van der Waals surface area contributed by atoms with Crippen molar-refractivity contribution in [3.05, 3.63) is 11.3 Å². The summed E-state index contributed by atoms with van der Waals surface area (Å²) in [6.07, 6.45) is 14.2. The molecule has 2 unspecified atom stereocenters. The molecule has 3 atom stereocenters. The number of carbonyl (C=O) groups excluding carboxylic acids is 1. The molecule has 0 bridgehead atoms. The molecule has 0 aromatic heterocycles. The van der Waals surface area contributed by atoms with Gasteiger partial charge in [0.05, 0.1) is 30.8 Å². The van der Waals surface area contributed by atoms with E-state index in [-0.39, 0.29) is 31.0 Å². The van der Waals surface area contributed by atoms with Crippen LogP contribution >= 0.6 is 7.82 Å². The number of rotatable bonds is 16. The number of phosphoric ester groups is 1. The molecule has 2 aliphatic rings. The minimum atomic E-state index is -3.67. The van der Waals surface area contributed by atoms with E-state index >= 15 is 0 Å². The molecule has 0 amide bonds. The van der Waals surface area contributed by atoms with Gasteiger partial charge in [0.1, 0.15) is 12.4 Å². The fourth-order valence-electron chi connectivity index (χ4n) is 4.03. The molecule has 2 rings (SSSR count). The topological polar surface area (TPSA) is 91.3 Å². The molecule has 0 spiro atoms. The maximum Gasteiger partial charge on any atom is 0.529 e. The van der Waals surface area contributed by atoms with Gasteiger partial charge in [-0.25, -0.2) is 9.36 Å². The second-order valence-corrected chi connectivity index (χ2v) is 10.3. The normalized spacial score (nSPS) is 24.5. The Kier molecular flexibility index (Phi) is 12.2. The quantitative estimate of drug-likeness (QED) is 0.170. The Bertz CT molecular complexity index is 619. The molecule has 2 heterocycles. The van der Waals surface area contributed by atoms with Crippen molar-refractivity contribution in [3.63, 3.8) is 0 Å². The fraction of sp³-hybridized carbons (Fsp3) is 0.870.